The van der Waals surface area contributed by atoms with E-state index in [0.29, 0.717) is 22.9 Å². The van der Waals surface area contributed by atoms with E-state index in [1.807, 2.05) is 38.7 Å². The molecule has 0 bridgehead atoms. The molecule has 0 N–H and O–H groups in total. The molecule has 1 saturated heterocycles. The normalized spacial score (nSPS) is 25.3. The maximum atomic E-state index is 14.2. The number of likely N-dealkylation sites (tertiary alicyclic amines) is 1. The van der Waals surface area contributed by atoms with Gasteiger partial charge in [-0.25, -0.2) is 4.39 Å². The van der Waals surface area contributed by atoms with Gasteiger partial charge in [0, 0.05) is 22.0 Å². The van der Waals surface area contributed by atoms with E-state index in [1.54, 1.807) is 24.3 Å². The van der Waals surface area contributed by atoms with Crippen LogP contribution in [0.5, 0.6) is 0 Å². The van der Waals surface area contributed by atoms with E-state index >= 15 is 0 Å². The summed E-state index contributed by atoms with van der Waals surface area (Å²) in [6, 6.07) is 4.16. The lowest BCUT2D eigenvalue weighted by molar-refractivity contribution is -0.151. The van der Waals surface area contributed by atoms with Crippen molar-refractivity contribution >= 4 is 29.1 Å². The third-order valence-corrected chi connectivity index (χ3v) is 6.24. The predicted octanol–water partition coefficient (Wildman–Crippen LogP) is 7.41. The number of carbonyl (C=O) groups excluding carboxylic acids is 1. The van der Waals surface area contributed by atoms with Crippen LogP contribution in [0.4, 0.5) is 4.39 Å². The number of carbonyl (C=O) groups is 1. The fourth-order valence-electron chi connectivity index (χ4n) is 4.27. The second kappa shape index (κ2) is 9.98. The van der Waals surface area contributed by atoms with Crippen LogP contribution < -0.4 is 0 Å². The van der Waals surface area contributed by atoms with Crippen molar-refractivity contribution in [2.75, 3.05) is 0 Å². The summed E-state index contributed by atoms with van der Waals surface area (Å²) in [4.78, 5) is 15.4. The van der Waals surface area contributed by atoms with Crippen molar-refractivity contribution in [2.45, 2.75) is 58.5 Å². The molecular weight excluding hydrogens is 420 g/mol. The molecule has 1 aliphatic heterocycles. The molecule has 1 heterocycles. The lowest BCUT2D eigenvalue weighted by atomic mass is 9.67. The highest BCUT2D eigenvalue weighted by Gasteiger charge is 2.49. The van der Waals surface area contributed by atoms with Gasteiger partial charge in [-0.05, 0) is 69.0 Å². The zero-order valence-electron chi connectivity index (χ0n) is 18.1. The Balaban J connectivity index is 2.66. The second-order valence-corrected chi connectivity index (χ2v) is 9.27. The Morgan fingerprint density at radius 3 is 2.57 bits per heavy atom. The van der Waals surface area contributed by atoms with Gasteiger partial charge in [-0.15, -0.1) is 6.58 Å². The molecule has 162 valence electrons. The van der Waals surface area contributed by atoms with Crippen molar-refractivity contribution < 1.29 is 9.18 Å². The Bertz CT molecular complexity index is 869. The molecule has 0 saturated carbocycles. The maximum Gasteiger partial charge on any atom is 0.229 e. The van der Waals surface area contributed by atoms with E-state index < -0.39 is 11.2 Å². The van der Waals surface area contributed by atoms with Crippen molar-refractivity contribution in [1.29, 1.82) is 0 Å². The minimum Gasteiger partial charge on any atom is -0.332 e. The highest BCUT2D eigenvalue weighted by atomic mass is 35.5. The van der Waals surface area contributed by atoms with E-state index in [2.05, 4.69) is 13.2 Å². The van der Waals surface area contributed by atoms with Crippen LogP contribution in [0.1, 0.15) is 52.0 Å². The van der Waals surface area contributed by atoms with Gasteiger partial charge in [-0.2, -0.15) is 0 Å². The summed E-state index contributed by atoms with van der Waals surface area (Å²) >= 11 is 12.3. The number of benzene rings is 1. The Morgan fingerprint density at radius 2 is 2.03 bits per heavy atom. The summed E-state index contributed by atoms with van der Waals surface area (Å²) in [5, 5.41) is 0.913. The first-order valence-electron chi connectivity index (χ1n) is 10.1. The highest BCUT2D eigenvalue weighted by Crippen LogP contribution is 2.48. The number of hydrogen-bond acceptors (Lipinski definition) is 1. The molecule has 0 spiro atoms. The largest absolute Gasteiger partial charge is 0.332 e. The number of halogens is 3. The summed E-state index contributed by atoms with van der Waals surface area (Å²) in [5.74, 6) is -0.523. The lowest BCUT2D eigenvalue weighted by Gasteiger charge is -2.51. The van der Waals surface area contributed by atoms with Crippen molar-refractivity contribution in [3.8, 4) is 0 Å². The monoisotopic (exact) mass is 449 g/mol. The van der Waals surface area contributed by atoms with Crippen molar-refractivity contribution in [2.24, 2.45) is 5.41 Å². The van der Waals surface area contributed by atoms with Gasteiger partial charge in [0.25, 0.3) is 0 Å². The first kappa shape index (κ1) is 24.4. The highest BCUT2D eigenvalue weighted by molar-refractivity contribution is 6.31. The van der Waals surface area contributed by atoms with Crippen LogP contribution in [0, 0.1) is 11.2 Å². The lowest BCUT2D eigenvalue weighted by Crippen LogP contribution is -2.58. The molecule has 1 aromatic carbocycles. The number of hydrogen-bond donors (Lipinski definition) is 0. The molecule has 1 fully saturated rings. The summed E-state index contributed by atoms with van der Waals surface area (Å²) in [7, 11) is 0. The van der Waals surface area contributed by atoms with Crippen LogP contribution in [0.15, 0.2) is 66.3 Å². The molecule has 1 aliphatic rings. The third kappa shape index (κ3) is 5.25. The summed E-state index contributed by atoms with van der Waals surface area (Å²) in [6.45, 7) is 15.9. The molecule has 0 aliphatic carbocycles. The van der Waals surface area contributed by atoms with Crippen LogP contribution in [0.25, 0.3) is 0 Å². The number of piperidine rings is 1. The van der Waals surface area contributed by atoms with Crippen LogP contribution in [0.2, 0.25) is 5.02 Å². The van der Waals surface area contributed by atoms with Crippen molar-refractivity contribution in [3.63, 3.8) is 0 Å². The van der Waals surface area contributed by atoms with Crippen molar-refractivity contribution in [3.05, 3.63) is 82.7 Å². The topological polar surface area (TPSA) is 20.3 Å². The van der Waals surface area contributed by atoms with Crippen molar-refractivity contribution in [1.82, 2.24) is 4.90 Å². The number of amides is 1. The van der Waals surface area contributed by atoms with Crippen LogP contribution in [0.3, 0.4) is 0 Å². The van der Waals surface area contributed by atoms with Gasteiger partial charge in [-0.1, -0.05) is 54.9 Å². The van der Waals surface area contributed by atoms with Crippen LogP contribution in [-0.4, -0.2) is 22.9 Å². The Kier molecular flexibility index (Phi) is 8.13. The molecule has 0 unspecified atom stereocenters. The van der Waals surface area contributed by atoms with E-state index in [1.165, 1.54) is 12.1 Å². The minimum atomic E-state index is -0.642. The number of rotatable bonds is 7. The SMILES string of the molecule is C=CC[C@@]1(C)C[C@H](c2cc(F)cc(Cl)c2)[C@@H](C(=C)/C=C\C(Cl)=C/C)N(C(C)C)C1=O. The molecule has 1 amide bonds. The Morgan fingerprint density at radius 1 is 1.37 bits per heavy atom. The third-order valence-electron chi connectivity index (χ3n) is 5.68. The molecule has 2 rings (SSSR count). The molecule has 1 aromatic rings. The first-order valence-corrected chi connectivity index (χ1v) is 10.9. The Hall–Kier alpha value is -1.84. The Labute approximate surface area is 189 Å². The van der Waals surface area contributed by atoms with E-state index in [4.69, 9.17) is 23.2 Å². The minimum absolute atomic E-state index is 0.0489. The van der Waals surface area contributed by atoms with Crippen LogP contribution in [-0.2, 0) is 4.79 Å². The molecule has 2 nitrogen and oxygen atoms in total. The molecule has 0 aromatic heterocycles. The van der Waals surface area contributed by atoms with Gasteiger partial charge >= 0.3 is 0 Å². The van der Waals surface area contributed by atoms with Gasteiger partial charge < -0.3 is 4.90 Å². The molecule has 0 radical (unpaired) electrons. The number of allylic oxidation sites excluding steroid dienone is 4. The van der Waals surface area contributed by atoms with E-state index in [0.717, 1.165) is 11.1 Å². The zero-order valence-corrected chi connectivity index (χ0v) is 19.6. The average Bonchev–Trinajstić information content (AvgIpc) is 2.66. The summed E-state index contributed by atoms with van der Waals surface area (Å²) in [5.41, 5.74) is 0.852. The van der Waals surface area contributed by atoms with Crippen LogP contribution >= 0.6 is 23.2 Å². The van der Waals surface area contributed by atoms with Gasteiger partial charge in [0.15, 0.2) is 0 Å². The molecule has 3 atom stereocenters. The van der Waals surface area contributed by atoms with Gasteiger partial charge in [0.1, 0.15) is 5.82 Å². The smallest absolute Gasteiger partial charge is 0.229 e. The fraction of sp³-hybridized carbons (Fsp3) is 0.400. The molecule has 5 heteroatoms. The number of nitrogens with zero attached hydrogens (tertiary/aromatic N) is 1. The molecule has 30 heavy (non-hydrogen) atoms. The summed E-state index contributed by atoms with van der Waals surface area (Å²) in [6.07, 6.45) is 8.22. The fourth-order valence-corrected chi connectivity index (χ4v) is 4.56. The average molecular weight is 450 g/mol. The molecular formula is C25H30Cl2FNO. The first-order chi connectivity index (χ1) is 14.0. The second-order valence-electron chi connectivity index (χ2n) is 8.40. The quantitative estimate of drug-likeness (QED) is 0.313. The zero-order chi connectivity index (χ0) is 22.6. The van der Waals surface area contributed by atoms with Gasteiger partial charge in [0.2, 0.25) is 5.91 Å². The standard InChI is InChI=1S/C25H30Cl2FNO/c1-7-11-25(6)15-22(18-12-20(27)14-21(28)13-18)23(29(16(3)4)24(25)30)17(5)9-10-19(26)8-2/h7-10,12-14,16,22-23H,1,5,11,15H2,2-4,6H3/b10-9-,19-8+/t22-,23-,25+/m1/s1. The predicted molar refractivity (Wildman–Crippen MR) is 125 cm³/mol. The van der Waals surface area contributed by atoms with Gasteiger partial charge in [0.05, 0.1) is 11.5 Å². The van der Waals surface area contributed by atoms with E-state index in [9.17, 15) is 9.18 Å². The van der Waals surface area contributed by atoms with Gasteiger partial charge in [-0.3, -0.25) is 4.79 Å². The summed E-state index contributed by atoms with van der Waals surface area (Å²) < 4.78 is 14.2. The maximum absolute atomic E-state index is 14.2. The van der Waals surface area contributed by atoms with E-state index in [-0.39, 0.29) is 23.9 Å².